The molecule has 2 aliphatic rings. The fourth-order valence-corrected chi connectivity index (χ4v) is 2.86. The Bertz CT molecular complexity index is 408. The van der Waals surface area contributed by atoms with E-state index in [1.54, 1.807) is 6.21 Å². The number of alkyl halides is 1. The summed E-state index contributed by atoms with van der Waals surface area (Å²) in [5, 5.41) is 11.2. The van der Waals surface area contributed by atoms with E-state index in [-0.39, 0.29) is 5.50 Å². The topological polar surface area (TPSA) is 58.7 Å². The Balaban J connectivity index is 1.99. The van der Waals surface area contributed by atoms with Crippen LogP contribution in [-0.2, 0) is 0 Å². The van der Waals surface area contributed by atoms with Crippen molar-refractivity contribution in [3.05, 3.63) is 33.0 Å². The third kappa shape index (κ3) is 3.47. The smallest absolute Gasteiger partial charge is 0.264 e. The van der Waals surface area contributed by atoms with E-state index in [1.165, 1.54) is 11.8 Å². The largest absolute Gasteiger partial charge is 0.356 e. The molecule has 1 fully saturated rings. The standard InChI is InChI=1S/C10H12ClN3O2S/c11-9-2-1-8(5-12-9)6-13-3-4-17-10(13)7-14(15)16/h1,5,7,9H,2-4,6H2/b10-7-. The van der Waals surface area contributed by atoms with Gasteiger partial charge < -0.3 is 4.90 Å². The predicted octanol–water partition coefficient (Wildman–Crippen LogP) is 2.08. The second-order valence-electron chi connectivity index (χ2n) is 3.75. The van der Waals surface area contributed by atoms with Gasteiger partial charge in [-0.25, -0.2) is 0 Å². The van der Waals surface area contributed by atoms with Crippen LogP contribution in [0.3, 0.4) is 0 Å². The van der Waals surface area contributed by atoms with E-state index in [4.69, 9.17) is 11.6 Å². The molecular formula is C10H12ClN3O2S. The van der Waals surface area contributed by atoms with Gasteiger partial charge in [0.2, 0.25) is 0 Å². The summed E-state index contributed by atoms with van der Waals surface area (Å²) in [6.07, 6.45) is 5.59. The monoisotopic (exact) mass is 273 g/mol. The highest BCUT2D eigenvalue weighted by atomic mass is 35.5. The van der Waals surface area contributed by atoms with Crippen LogP contribution in [0.2, 0.25) is 0 Å². The highest BCUT2D eigenvalue weighted by Gasteiger charge is 2.21. The molecule has 7 heteroatoms. The molecule has 0 radical (unpaired) electrons. The maximum absolute atomic E-state index is 10.5. The van der Waals surface area contributed by atoms with Crippen LogP contribution in [0.4, 0.5) is 0 Å². The lowest BCUT2D eigenvalue weighted by atomic mass is 10.2. The van der Waals surface area contributed by atoms with E-state index >= 15 is 0 Å². The van der Waals surface area contributed by atoms with Crippen molar-refractivity contribution in [2.75, 3.05) is 18.8 Å². The molecule has 0 bridgehead atoms. The molecule has 0 spiro atoms. The molecule has 0 aliphatic carbocycles. The lowest BCUT2D eigenvalue weighted by molar-refractivity contribution is -0.403. The number of halogens is 1. The van der Waals surface area contributed by atoms with E-state index in [9.17, 15) is 10.1 Å². The van der Waals surface area contributed by atoms with Crippen molar-refractivity contribution < 1.29 is 4.92 Å². The van der Waals surface area contributed by atoms with Crippen molar-refractivity contribution in [3.8, 4) is 0 Å². The van der Waals surface area contributed by atoms with Gasteiger partial charge in [0.25, 0.3) is 6.20 Å². The molecule has 0 N–H and O–H groups in total. The van der Waals surface area contributed by atoms with Crippen molar-refractivity contribution in [1.82, 2.24) is 4.90 Å². The van der Waals surface area contributed by atoms with Crippen molar-refractivity contribution in [2.24, 2.45) is 4.99 Å². The number of dihydropyridines is 1. The first kappa shape index (κ1) is 12.4. The summed E-state index contributed by atoms with van der Waals surface area (Å²) in [5.41, 5.74) is 0.902. The fourth-order valence-electron chi connectivity index (χ4n) is 1.69. The summed E-state index contributed by atoms with van der Waals surface area (Å²) in [6.45, 7) is 1.50. The van der Waals surface area contributed by atoms with E-state index in [0.717, 1.165) is 35.5 Å². The number of nitro groups is 1. The first-order valence-corrected chi connectivity index (χ1v) is 6.66. The molecule has 0 saturated carbocycles. The average Bonchev–Trinajstić information content (AvgIpc) is 2.68. The summed E-state index contributed by atoms with van der Waals surface area (Å²) in [5.74, 6) is 0.891. The third-order valence-corrected chi connectivity index (χ3v) is 3.83. The van der Waals surface area contributed by atoms with E-state index < -0.39 is 4.92 Å². The van der Waals surface area contributed by atoms with Crippen molar-refractivity contribution in [2.45, 2.75) is 11.9 Å². The minimum Gasteiger partial charge on any atom is -0.356 e. The van der Waals surface area contributed by atoms with Gasteiger partial charge in [-0.15, -0.1) is 11.8 Å². The Morgan fingerprint density at radius 2 is 2.59 bits per heavy atom. The second-order valence-corrected chi connectivity index (χ2v) is 5.37. The van der Waals surface area contributed by atoms with Gasteiger partial charge >= 0.3 is 0 Å². The van der Waals surface area contributed by atoms with Gasteiger partial charge in [0.15, 0.2) is 0 Å². The van der Waals surface area contributed by atoms with Crippen LogP contribution in [0, 0.1) is 10.1 Å². The van der Waals surface area contributed by atoms with Gasteiger partial charge in [0.1, 0.15) is 10.5 Å². The van der Waals surface area contributed by atoms with Crippen LogP contribution in [0.1, 0.15) is 6.42 Å². The molecule has 0 aromatic rings. The molecule has 0 aromatic heterocycles. The molecule has 92 valence electrons. The van der Waals surface area contributed by atoms with Gasteiger partial charge in [-0.1, -0.05) is 17.7 Å². The molecule has 0 amide bonds. The highest BCUT2D eigenvalue weighted by molar-refractivity contribution is 8.03. The summed E-state index contributed by atoms with van der Waals surface area (Å²) >= 11 is 7.35. The van der Waals surface area contributed by atoms with Gasteiger partial charge in [-0.05, 0) is 5.57 Å². The summed E-state index contributed by atoms with van der Waals surface area (Å²) < 4.78 is 0. The average molecular weight is 274 g/mol. The Morgan fingerprint density at radius 3 is 3.24 bits per heavy atom. The Kier molecular flexibility index (Phi) is 4.06. The second kappa shape index (κ2) is 5.55. The molecule has 1 saturated heterocycles. The molecule has 2 aliphatic heterocycles. The van der Waals surface area contributed by atoms with Crippen molar-refractivity contribution in [1.29, 1.82) is 0 Å². The number of rotatable bonds is 3. The lowest BCUT2D eigenvalue weighted by Gasteiger charge is -2.19. The Hall–Kier alpha value is -1.01. The van der Waals surface area contributed by atoms with Crippen LogP contribution < -0.4 is 0 Å². The van der Waals surface area contributed by atoms with Crippen LogP contribution in [0.15, 0.2) is 27.9 Å². The third-order valence-electron chi connectivity index (χ3n) is 2.49. The van der Waals surface area contributed by atoms with E-state index in [2.05, 4.69) is 4.99 Å². The van der Waals surface area contributed by atoms with Crippen LogP contribution in [0.25, 0.3) is 0 Å². The molecule has 17 heavy (non-hydrogen) atoms. The zero-order chi connectivity index (χ0) is 12.3. The minimum absolute atomic E-state index is 0.166. The minimum atomic E-state index is -0.404. The SMILES string of the molecule is O=[N+]([O-])/C=C1\SCCN1CC1=CCC(Cl)N=C1. The van der Waals surface area contributed by atoms with Crippen LogP contribution in [0.5, 0.6) is 0 Å². The number of hydrogen-bond acceptors (Lipinski definition) is 5. The van der Waals surface area contributed by atoms with Crippen LogP contribution in [-0.4, -0.2) is 40.4 Å². The van der Waals surface area contributed by atoms with Crippen LogP contribution >= 0.6 is 23.4 Å². The zero-order valence-electron chi connectivity index (χ0n) is 9.08. The van der Waals surface area contributed by atoms with Gasteiger partial charge in [-0.3, -0.25) is 15.1 Å². The van der Waals surface area contributed by atoms with E-state index in [1.807, 2.05) is 11.0 Å². The molecule has 5 nitrogen and oxygen atoms in total. The van der Waals surface area contributed by atoms with Gasteiger partial charge in [0.05, 0.1) is 4.92 Å². The van der Waals surface area contributed by atoms with E-state index in [0.29, 0.717) is 6.54 Å². The predicted molar refractivity (Wildman–Crippen MR) is 69.9 cm³/mol. The maximum atomic E-state index is 10.5. The summed E-state index contributed by atoms with van der Waals surface area (Å²) in [4.78, 5) is 16.2. The van der Waals surface area contributed by atoms with Crippen molar-refractivity contribution in [3.63, 3.8) is 0 Å². The fraction of sp³-hybridized carbons (Fsp3) is 0.500. The van der Waals surface area contributed by atoms with Gasteiger partial charge in [-0.2, -0.15) is 0 Å². The first-order chi connectivity index (χ1) is 8.15. The number of thioether (sulfide) groups is 1. The zero-order valence-corrected chi connectivity index (χ0v) is 10.7. The molecule has 0 aromatic carbocycles. The Morgan fingerprint density at radius 1 is 1.76 bits per heavy atom. The Labute approximate surface area is 108 Å². The molecule has 1 unspecified atom stereocenters. The maximum Gasteiger partial charge on any atom is 0.264 e. The molecule has 1 atom stereocenters. The molecular weight excluding hydrogens is 262 g/mol. The summed E-state index contributed by atoms with van der Waals surface area (Å²) in [6, 6.07) is 0. The first-order valence-electron chi connectivity index (χ1n) is 5.24. The number of hydrogen-bond donors (Lipinski definition) is 0. The normalized spacial score (nSPS) is 26.4. The number of nitrogens with zero attached hydrogens (tertiary/aromatic N) is 3. The molecule has 2 rings (SSSR count). The summed E-state index contributed by atoms with van der Waals surface area (Å²) in [7, 11) is 0. The number of aliphatic imine (C=N–C) groups is 1. The van der Waals surface area contributed by atoms with Crippen molar-refractivity contribution >= 4 is 29.6 Å². The quantitative estimate of drug-likeness (QED) is 0.342. The lowest BCUT2D eigenvalue weighted by Crippen LogP contribution is -2.23. The highest BCUT2D eigenvalue weighted by Crippen LogP contribution is 2.28. The van der Waals surface area contributed by atoms with Gasteiger partial charge in [0, 0.05) is 31.5 Å². The molecule has 2 heterocycles.